The van der Waals surface area contributed by atoms with Crippen LogP contribution in [0.2, 0.25) is 0 Å². The predicted octanol–water partition coefficient (Wildman–Crippen LogP) is 4.43. The van der Waals surface area contributed by atoms with Gasteiger partial charge in [-0.05, 0) is 24.3 Å². The van der Waals surface area contributed by atoms with Crippen LogP contribution in [0.25, 0.3) is 0 Å². The highest BCUT2D eigenvalue weighted by molar-refractivity contribution is 6.30. The van der Waals surface area contributed by atoms with Crippen molar-refractivity contribution >= 4 is 23.2 Å². The zero-order valence-corrected chi connectivity index (χ0v) is 13.7. The highest BCUT2D eigenvalue weighted by atomic mass is 35.5. The second-order valence-corrected chi connectivity index (χ2v) is 5.72. The van der Waals surface area contributed by atoms with E-state index in [0.29, 0.717) is 11.1 Å². The van der Waals surface area contributed by atoms with Gasteiger partial charge in [0.1, 0.15) is 0 Å². The van der Waals surface area contributed by atoms with Crippen molar-refractivity contribution in [3.8, 4) is 24.3 Å². The first-order chi connectivity index (χ1) is 11.6. The molecule has 0 radical (unpaired) electrons. The largest absolute Gasteiger partial charge is 0.192 e. The van der Waals surface area contributed by atoms with Crippen LogP contribution >= 0.6 is 23.2 Å². The maximum absolute atomic E-state index is 9.28. The van der Waals surface area contributed by atoms with Crippen molar-refractivity contribution < 1.29 is 0 Å². The van der Waals surface area contributed by atoms with Crippen molar-refractivity contribution in [1.29, 1.82) is 21.0 Å². The summed E-state index contributed by atoms with van der Waals surface area (Å²) in [5.41, 5.74) is 1.50. The highest BCUT2D eigenvalue weighted by Gasteiger charge is 2.29. The lowest BCUT2D eigenvalue weighted by atomic mass is 9.91. The molecule has 6 heteroatoms. The molecule has 2 aromatic rings. The van der Waals surface area contributed by atoms with Gasteiger partial charge in [-0.1, -0.05) is 12.1 Å². The maximum Gasteiger partial charge on any atom is 0.0995 e. The summed E-state index contributed by atoms with van der Waals surface area (Å²) in [5.74, 6) is 0. The second kappa shape index (κ2) is 7.50. The van der Waals surface area contributed by atoms with E-state index in [1.807, 2.05) is 24.3 Å². The van der Waals surface area contributed by atoms with Crippen molar-refractivity contribution in [1.82, 2.24) is 0 Å². The van der Waals surface area contributed by atoms with Gasteiger partial charge >= 0.3 is 0 Å². The van der Waals surface area contributed by atoms with Crippen LogP contribution in [0.3, 0.4) is 0 Å². The van der Waals surface area contributed by atoms with Crippen molar-refractivity contribution in [2.45, 2.75) is 10.8 Å². The monoisotopic (exact) mass is 350 g/mol. The average molecular weight is 351 g/mol. The highest BCUT2D eigenvalue weighted by Crippen LogP contribution is 2.44. The minimum absolute atomic E-state index is 0.229. The Morgan fingerprint density at radius 2 is 0.833 bits per heavy atom. The normalized spacial score (nSPS) is 12.1. The lowest BCUT2D eigenvalue weighted by Crippen LogP contribution is -2.08. The van der Waals surface area contributed by atoms with Crippen LogP contribution in [0.5, 0.6) is 0 Å². The van der Waals surface area contributed by atoms with Gasteiger partial charge in [0.2, 0.25) is 0 Å². The molecule has 2 rings (SSSR count). The van der Waals surface area contributed by atoms with Crippen molar-refractivity contribution in [3.05, 3.63) is 69.8 Å². The molecule has 2 aromatic carbocycles. The molecule has 0 aliphatic rings. The first kappa shape index (κ1) is 17.3. The second-order valence-electron chi connectivity index (χ2n) is 4.78. The molecule has 0 aromatic heterocycles. The number of rotatable bonds is 3. The molecule has 0 heterocycles. The standard InChI is InChI=1S/C18H8Cl2N4/c19-17(15-11(7-21)3-1-4-12(15)8-22)18(20)16-13(9-23)5-2-6-14(16)10-24/h1-6,17-18H. The lowest BCUT2D eigenvalue weighted by Gasteiger charge is -2.20. The molecule has 114 valence electrons. The zero-order valence-electron chi connectivity index (χ0n) is 12.2. The van der Waals surface area contributed by atoms with E-state index < -0.39 is 10.8 Å². The Bertz CT molecular complexity index is 811. The summed E-state index contributed by atoms with van der Waals surface area (Å²) in [7, 11) is 0. The zero-order chi connectivity index (χ0) is 17.7. The number of hydrogen-bond acceptors (Lipinski definition) is 4. The lowest BCUT2D eigenvalue weighted by molar-refractivity contribution is 0.869. The first-order valence-corrected chi connectivity index (χ1v) is 7.60. The third-order valence-electron chi connectivity index (χ3n) is 3.50. The molecular weight excluding hydrogens is 343 g/mol. The van der Waals surface area contributed by atoms with Crippen LogP contribution in [-0.4, -0.2) is 0 Å². The van der Waals surface area contributed by atoms with E-state index in [0.717, 1.165) is 0 Å². The topological polar surface area (TPSA) is 95.2 Å². The molecule has 24 heavy (non-hydrogen) atoms. The van der Waals surface area contributed by atoms with Crippen molar-refractivity contribution in [2.75, 3.05) is 0 Å². The third kappa shape index (κ3) is 3.03. The number of alkyl halides is 2. The van der Waals surface area contributed by atoms with E-state index in [4.69, 9.17) is 23.2 Å². The van der Waals surface area contributed by atoms with Crippen molar-refractivity contribution in [2.24, 2.45) is 0 Å². The van der Waals surface area contributed by atoms with Gasteiger partial charge in [0.25, 0.3) is 0 Å². The Morgan fingerprint density at radius 1 is 0.583 bits per heavy atom. The third-order valence-corrected chi connectivity index (χ3v) is 4.57. The van der Waals surface area contributed by atoms with Crippen LogP contribution < -0.4 is 0 Å². The predicted molar refractivity (Wildman–Crippen MR) is 88.9 cm³/mol. The minimum Gasteiger partial charge on any atom is -0.192 e. The quantitative estimate of drug-likeness (QED) is 0.764. The maximum atomic E-state index is 9.28. The summed E-state index contributed by atoms with van der Waals surface area (Å²) >= 11 is 12.9. The molecule has 0 amide bonds. The Hall–Kier alpha value is -3.02. The molecular formula is C18H8Cl2N4. The molecule has 0 saturated heterocycles. The Kier molecular flexibility index (Phi) is 5.42. The fourth-order valence-corrected chi connectivity index (χ4v) is 3.13. The van der Waals surface area contributed by atoms with Crippen molar-refractivity contribution in [3.63, 3.8) is 0 Å². The van der Waals surface area contributed by atoms with E-state index in [-0.39, 0.29) is 22.3 Å². The number of nitrogens with zero attached hydrogens (tertiary/aromatic N) is 4. The summed E-state index contributed by atoms with van der Waals surface area (Å²) in [6.07, 6.45) is 0. The molecule has 0 aliphatic heterocycles. The SMILES string of the molecule is N#Cc1cccc(C#N)c1C(Cl)C(Cl)c1c(C#N)cccc1C#N. The average Bonchev–Trinajstić information content (AvgIpc) is 2.65. The van der Waals surface area contributed by atoms with Gasteiger partial charge in [0.15, 0.2) is 0 Å². The molecule has 4 nitrogen and oxygen atoms in total. The van der Waals surface area contributed by atoms with E-state index >= 15 is 0 Å². The van der Waals surface area contributed by atoms with Crippen LogP contribution in [0, 0.1) is 45.3 Å². The van der Waals surface area contributed by atoms with Crippen LogP contribution in [-0.2, 0) is 0 Å². The first-order valence-electron chi connectivity index (χ1n) is 6.73. The summed E-state index contributed by atoms with van der Waals surface area (Å²) in [6.45, 7) is 0. The fourth-order valence-electron chi connectivity index (χ4n) is 2.41. The van der Waals surface area contributed by atoms with Gasteiger partial charge in [0.05, 0.1) is 57.3 Å². The molecule has 0 aliphatic carbocycles. The fraction of sp³-hybridized carbons (Fsp3) is 0.111. The number of benzene rings is 2. The van der Waals surface area contributed by atoms with Gasteiger partial charge in [0, 0.05) is 11.1 Å². The van der Waals surface area contributed by atoms with Gasteiger partial charge in [-0.2, -0.15) is 21.0 Å². The summed E-state index contributed by atoms with van der Waals surface area (Å²) in [5, 5.41) is 35.2. The molecule has 0 bridgehead atoms. The van der Waals surface area contributed by atoms with E-state index in [1.54, 1.807) is 12.1 Å². The van der Waals surface area contributed by atoms with E-state index in [1.165, 1.54) is 24.3 Å². The number of halogens is 2. The van der Waals surface area contributed by atoms with E-state index in [9.17, 15) is 21.0 Å². The minimum atomic E-state index is -0.959. The molecule has 0 spiro atoms. The van der Waals surface area contributed by atoms with Gasteiger partial charge < -0.3 is 0 Å². The molecule has 2 atom stereocenters. The summed E-state index contributed by atoms with van der Waals surface area (Å²) in [4.78, 5) is 0. The number of hydrogen-bond donors (Lipinski definition) is 0. The smallest absolute Gasteiger partial charge is 0.0995 e. The molecule has 0 fully saturated rings. The Labute approximate surface area is 149 Å². The van der Waals surface area contributed by atoms with Crippen LogP contribution in [0.4, 0.5) is 0 Å². The Morgan fingerprint density at radius 3 is 1.04 bits per heavy atom. The van der Waals surface area contributed by atoms with Crippen LogP contribution in [0.1, 0.15) is 44.1 Å². The van der Waals surface area contributed by atoms with Gasteiger partial charge in [-0.3, -0.25) is 0 Å². The van der Waals surface area contributed by atoms with E-state index in [2.05, 4.69) is 0 Å². The summed E-state index contributed by atoms with van der Waals surface area (Å²) in [6, 6.07) is 17.3. The van der Waals surface area contributed by atoms with Gasteiger partial charge in [-0.15, -0.1) is 23.2 Å². The van der Waals surface area contributed by atoms with Crippen LogP contribution in [0.15, 0.2) is 36.4 Å². The van der Waals surface area contributed by atoms with Gasteiger partial charge in [-0.25, -0.2) is 0 Å². The molecule has 0 saturated carbocycles. The Balaban J connectivity index is 2.65. The summed E-state index contributed by atoms with van der Waals surface area (Å²) < 4.78 is 0. The number of nitriles is 4. The molecule has 2 unspecified atom stereocenters. The molecule has 0 N–H and O–H groups in total.